The predicted octanol–water partition coefficient (Wildman–Crippen LogP) is 4.99. The Morgan fingerprint density at radius 2 is 1.62 bits per heavy atom. The number of benzene rings is 4. The molecule has 0 radical (unpaired) electrons. The van der Waals surface area contributed by atoms with Crippen molar-refractivity contribution in [1.29, 1.82) is 0 Å². The summed E-state index contributed by atoms with van der Waals surface area (Å²) >= 11 is 0. The summed E-state index contributed by atoms with van der Waals surface area (Å²) in [5, 5.41) is 24.9. The van der Waals surface area contributed by atoms with Crippen LogP contribution >= 0.6 is 0 Å². The van der Waals surface area contributed by atoms with Gasteiger partial charge in [0.2, 0.25) is 0 Å². The molecule has 1 aliphatic rings. The molecular formula is C37H44FNO8. The summed E-state index contributed by atoms with van der Waals surface area (Å²) in [6.07, 6.45) is -0.816. The number of hydrogen-bond donors (Lipinski definition) is 3. The molecule has 3 N–H and O–H groups in total. The van der Waals surface area contributed by atoms with E-state index in [0.29, 0.717) is 50.6 Å². The summed E-state index contributed by atoms with van der Waals surface area (Å²) in [4.78, 5) is 0. The van der Waals surface area contributed by atoms with Crippen LogP contribution in [0.1, 0.15) is 29.0 Å². The minimum Gasteiger partial charge on any atom is -0.496 e. The fourth-order valence-corrected chi connectivity index (χ4v) is 5.87. The first-order valence-corrected chi connectivity index (χ1v) is 15.9. The molecule has 0 unspecified atom stereocenters. The van der Waals surface area contributed by atoms with Gasteiger partial charge in [0.05, 0.1) is 66.1 Å². The standard InChI is InChI=1S/C37H44FNO8/c1-42-33-13-10-29(38)18-28(33)23-44-14-5-15-45-31-11-8-26(9-12-31)37-35(19-39-20-36(37)47-24-30(41)21-40)46-22-25-16-27-6-3-4-7-32(27)34(17-25)43-2/h3-4,6-13,16-18,30,35-37,39-41H,5,14-15,19-24H2,1-2H3/t30-,35+,36-,37-/m1/s1. The zero-order valence-electron chi connectivity index (χ0n) is 26.9. The van der Waals surface area contributed by atoms with Crippen molar-refractivity contribution < 1.29 is 43.0 Å². The summed E-state index contributed by atoms with van der Waals surface area (Å²) in [6.45, 7) is 2.39. The van der Waals surface area contributed by atoms with Gasteiger partial charge in [-0.1, -0.05) is 36.4 Å². The van der Waals surface area contributed by atoms with Gasteiger partial charge in [-0.05, 0) is 59.0 Å². The number of halogens is 1. The maximum Gasteiger partial charge on any atom is 0.127 e. The third-order valence-corrected chi connectivity index (χ3v) is 8.24. The van der Waals surface area contributed by atoms with E-state index in [0.717, 1.165) is 33.4 Å². The van der Waals surface area contributed by atoms with E-state index in [9.17, 15) is 14.6 Å². The van der Waals surface area contributed by atoms with Crippen LogP contribution in [0.3, 0.4) is 0 Å². The van der Waals surface area contributed by atoms with Crippen molar-refractivity contribution in [3.8, 4) is 17.2 Å². The van der Waals surface area contributed by atoms with Gasteiger partial charge in [0.1, 0.15) is 29.2 Å². The third kappa shape index (κ3) is 9.41. The first-order chi connectivity index (χ1) is 23.0. The van der Waals surface area contributed by atoms with Crippen molar-refractivity contribution in [2.45, 2.75) is 43.9 Å². The Morgan fingerprint density at radius 3 is 2.38 bits per heavy atom. The fraction of sp³-hybridized carbons (Fsp3) is 0.405. The second-order valence-corrected chi connectivity index (χ2v) is 11.5. The molecule has 10 heteroatoms. The van der Waals surface area contributed by atoms with Crippen molar-refractivity contribution in [2.24, 2.45) is 0 Å². The maximum atomic E-state index is 13.6. The maximum absolute atomic E-state index is 13.6. The zero-order valence-corrected chi connectivity index (χ0v) is 26.9. The van der Waals surface area contributed by atoms with Gasteiger partial charge < -0.3 is 44.0 Å². The van der Waals surface area contributed by atoms with Gasteiger partial charge in [0.15, 0.2) is 0 Å². The van der Waals surface area contributed by atoms with Crippen LogP contribution in [0.25, 0.3) is 10.8 Å². The topological polar surface area (TPSA) is 108 Å². The normalized spacial score (nSPS) is 18.6. The highest BCUT2D eigenvalue weighted by atomic mass is 19.1. The SMILES string of the molecule is COc1ccc(F)cc1COCCCOc1ccc([C@@H]2[C@@H](OCc3cc(OC)c4ccccc4c3)CNC[C@H]2OC[C@H](O)CO)cc1. The molecule has 4 atom stereocenters. The molecule has 0 amide bonds. The van der Waals surface area contributed by atoms with Crippen LogP contribution in [0.15, 0.2) is 78.9 Å². The molecule has 47 heavy (non-hydrogen) atoms. The van der Waals surface area contributed by atoms with Crippen molar-refractivity contribution in [3.05, 3.63) is 101 Å². The Labute approximate surface area is 275 Å². The second-order valence-electron chi connectivity index (χ2n) is 11.5. The quantitative estimate of drug-likeness (QED) is 0.136. The third-order valence-electron chi connectivity index (χ3n) is 8.24. The second kappa shape index (κ2) is 17.4. The largest absolute Gasteiger partial charge is 0.496 e. The van der Waals surface area contributed by atoms with Crippen LogP contribution in [0, 0.1) is 5.82 Å². The number of fused-ring (bicyclic) bond motifs is 1. The molecule has 4 aromatic rings. The minimum atomic E-state index is -0.961. The van der Waals surface area contributed by atoms with Gasteiger partial charge in [0, 0.05) is 36.4 Å². The van der Waals surface area contributed by atoms with Crippen LogP contribution in [-0.2, 0) is 27.4 Å². The number of piperidine rings is 1. The minimum absolute atomic E-state index is 0.0171. The molecule has 0 bridgehead atoms. The van der Waals surface area contributed by atoms with E-state index < -0.39 is 6.10 Å². The molecule has 0 aliphatic carbocycles. The van der Waals surface area contributed by atoms with Crippen LogP contribution in [0.2, 0.25) is 0 Å². The molecule has 0 saturated carbocycles. The van der Waals surface area contributed by atoms with Gasteiger partial charge in [-0.3, -0.25) is 0 Å². The average Bonchev–Trinajstić information content (AvgIpc) is 3.11. The van der Waals surface area contributed by atoms with Crippen LogP contribution < -0.4 is 19.5 Å². The zero-order chi connectivity index (χ0) is 33.0. The number of rotatable bonds is 17. The van der Waals surface area contributed by atoms with Gasteiger partial charge in [0.25, 0.3) is 0 Å². The predicted molar refractivity (Wildman–Crippen MR) is 177 cm³/mol. The average molecular weight is 650 g/mol. The number of methoxy groups -OCH3 is 2. The van der Waals surface area contributed by atoms with Gasteiger partial charge in [-0.15, -0.1) is 0 Å². The summed E-state index contributed by atoms with van der Waals surface area (Å²) in [5.74, 6) is 1.66. The van der Waals surface area contributed by atoms with Crippen LogP contribution in [0.4, 0.5) is 4.39 Å². The lowest BCUT2D eigenvalue weighted by Crippen LogP contribution is -2.51. The van der Waals surface area contributed by atoms with Crippen molar-refractivity contribution in [1.82, 2.24) is 5.32 Å². The summed E-state index contributed by atoms with van der Waals surface area (Å²) in [6, 6.07) is 24.5. The van der Waals surface area contributed by atoms with Gasteiger partial charge in [-0.25, -0.2) is 4.39 Å². The molecule has 5 rings (SSSR count). The van der Waals surface area contributed by atoms with Crippen molar-refractivity contribution in [3.63, 3.8) is 0 Å². The van der Waals surface area contributed by atoms with Crippen LogP contribution in [-0.4, -0.2) is 82.3 Å². The van der Waals surface area contributed by atoms with E-state index >= 15 is 0 Å². The van der Waals surface area contributed by atoms with E-state index in [4.69, 9.17) is 28.4 Å². The number of ether oxygens (including phenoxy) is 6. The van der Waals surface area contributed by atoms with Gasteiger partial charge >= 0.3 is 0 Å². The summed E-state index contributed by atoms with van der Waals surface area (Å²) in [7, 11) is 3.22. The molecule has 0 spiro atoms. The van der Waals surface area contributed by atoms with E-state index in [1.165, 1.54) is 12.1 Å². The number of aliphatic hydroxyl groups is 2. The monoisotopic (exact) mass is 649 g/mol. The molecule has 1 aliphatic heterocycles. The molecule has 1 saturated heterocycles. The summed E-state index contributed by atoms with van der Waals surface area (Å²) in [5.41, 5.74) is 2.69. The van der Waals surface area contributed by atoms with E-state index in [2.05, 4.69) is 17.4 Å². The number of aliphatic hydroxyl groups excluding tert-OH is 2. The van der Waals surface area contributed by atoms with Gasteiger partial charge in [-0.2, -0.15) is 0 Å². The molecule has 0 aromatic heterocycles. The number of hydrogen-bond acceptors (Lipinski definition) is 9. The van der Waals surface area contributed by atoms with Crippen molar-refractivity contribution in [2.75, 3.05) is 53.7 Å². The highest BCUT2D eigenvalue weighted by molar-refractivity contribution is 5.89. The molecular weight excluding hydrogens is 605 g/mol. The molecule has 9 nitrogen and oxygen atoms in total. The first kappa shape index (κ1) is 34.6. The lowest BCUT2D eigenvalue weighted by molar-refractivity contribution is -0.0833. The highest BCUT2D eigenvalue weighted by Crippen LogP contribution is 2.33. The Bertz CT molecular complexity index is 1550. The molecule has 1 heterocycles. The number of nitrogens with one attached hydrogen (secondary N) is 1. The van der Waals surface area contributed by atoms with E-state index in [1.54, 1.807) is 20.3 Å². The fourth-order valence-electron chi connectivity index (χ4n) is 5.87. The Balaban J connectivity index is 1.20. The Morgan fingerprint density at radius 1 is 0.851 bits per heavy atom. The van der Waals surface area contributed by atoms with E-state index in [1.807, 2.05) is 48.5 Å². The lowest BCUT2D eigenvalue weighted by atomic mass is 9.85. The Kier molecular flexibility index (Phi) is 12.8. The summed E-state index contributed by atoms with van der Waals surface area (Å²) < 4.78 is 48.9. The molecule has 1 fully saturated rings. The van der Waals surface area contributed by atoms with Crippen molar-refractivity contribution >= 4 is 10.8 Å². The Hall–Kier alpha value is -3.77. The molecule has 4 aromatic carbocycles. The highest BCUT2D eigenvalue weighted by Gasteiger charge is 2.36. The lowest BCUT2D eigenvalue weighted by Gasteiger charge is -2.39. The van der Waals surface area contributed by atoms with E-state index in [-0.39, 0.29) is 43.8 Å². The first-order valence-electron chi connectivity index (χ1n) is 15.9. The van der Waals surface area contributed by atoms with Crippen LogP contribution in [0.5, 0.6) is 17.2 Å². The smallest absolute Gasteiger partial charge is 0.127 e. The molecule has 252 valence electrons.